The SMILES string of the molecule is CN(C)CCn1cncc1-c1cccnc1N. The molecule has 2 aromatic rings. The van der Waals surface area contributed by atoms with Crippen molar-refractivity contribution in [3.8, 4) is 11.3 Å². The predicted molar refractivity (Wildman–Crippen MR) is 68.4 cm³/mol. The maximum Gasteiger partial charge on any atom is 0.132 e. The number of likely N-dealkylation sites (N-methyl/N-ethyl adjacent to an activating group) is 1. The Labute approximate surface area is 101 Å². The number of pyridine rings is 1. The van der Waals surface area contributed by atoms with Gasteiger partial charge in [0.2, 0.25) is 0 Å². The van der Waals surface area contributed by atoms with Crippen LogP contribution in [0.5, 0.6) is 0 Å². The second-order valence-corrected chi connectivity index (χ2v) is 4.21. The van der Waals surface area contributed by atoms with Crippen molar-refractivity contribution in [2.24, 2.45) is 0 Å². The van der Waals surface area contributed by atoms with Crippen LogP contribution < -0.4 is 5.73 Å². The Kier molecular flexibility index (Phi) is 3.39. The molecule has 2 rings (SSSR count). The van der Waals surface area contributed by atoms with Gasteiger partial charge in [-0.1, -0.05) is 0 Å². The van der Waals surface area contributed by atoms with Crippen LogP contribution in [0, 0.1) is 0 Å². The zero-order valence-corrected chi connectivity index (χ0v) is 10.2. The second kappa shape index (κ2) is 4.97. The molecule has 90 valence electrons. The molecule has 5 nitrogen and oxygen atoms in total. The first-order valence-electron chi connectivity index (χ1n) is 5.54. The molecule has 2 N–H and O–H groups in total. The summed E-state index contributed by atoms with van der Waals surface area (Å²) in [6, 6.07) is 3.85. The molecule has 5 heteroatoms. The van der Waals surface area contributed by atoms with Crippen LogP contribution in [0.1, 0.15) is 0 Å². The van der Waals surface area contributed by atoms with Crippen LogP contribution in [0.3, 0.4) is 0 Å². The number of aromatic nitrogens is 3. The van der Waals surface area contributed by atoms with Crippen molar-refractivity contribution in [1.82, 2.24) is 19.4 Å². The minimum absolute atomic E-state index is 0.541. The van der Waals surface area contributed by atoms with E-state index < -0.39 is 0 Å². The number of anilines is 1. The Morgan fingerprint density at radius 1 is 1.41 bits per heavy atom. The zero-order valence-electron chi connectivity index (χ0n) is 10.2. The average molecular weight is 231 g/mol. The third-order valence-electron chi connectivity index (χ3n) is 2.61. The third-order valence-corrected chi connectivity index (χ3v) is 2.61. The molecular formula is C12H17N5. The molecule has 0 saturated carbocycles. The highest BCUT2D eigenvalue weighted by molar-refractivity contribution is 5.70. The number of imidazole rings is 1. The largest absolute Gasteiger partial charge is 0.383 e. The molecule has 0 amide bonds. The molecule has 0 spiro atoms. The molecule has 0 saturated heterocycles. The first kappa shape index (κ1) is 11.6. The number of nitrogen functional groups attached to an aromatic ring is 1. The van der Waals surface area contributed by atoms with Crippen LogP contribution in [-0.4, -0.2) is 40.1 Å². The summed E-state index contributed by atoms with van der Waals surface area (Å²) in [6.45, 7) is 1.85. The number of nitrogens with two attached hydrogens (primary N) is 1. The summed E-state index contributed by atoms with van der Waals surface area (Å²) in [5.74, 6) is 0.541. The van der Waals surface area contributed by atoms with E-state index >= 15 is 0 Å². The molecule has 0 atom stereocenters. The van der Waals surface area contributed by atoms with E-state index in [0.717, 1.165) is 24.3 Å². The van der Waals surface area contributed by atoms with E-state index in [-0.39, 0.29) is 0 Å². The van der Waals surface area contributed by atoms with E-state index in [2.05, 4.69) is 33.5 Å². The average Bonchev–Trinajstić information content (AvgIpc) is 2.75. The summed E-state index contributed by atoms with van der Waals surface area (Å²) in [4.78, 5) is 10.4. The fourth-order valence-corrected chi connectivity index (χ4v) is 1.67. The Morgan fingerprint density at radius 2 is 2.24 bits per heavy atom. The Bertz CT molecular complexity index is 489. The van der Waals surface area contributed by atoms with Gasteiger partial charge in [-0.15, -0.1) is 0 Å². The smallest absolute Gasteiger partial charge is 0.132 e. The topological polar surface area (TPSA) is 60.0 Å². The van der Waals surface area contributed by atoms with Gasteiger partial charge in [0.05, 0.1) is 18.2 Å². The van der Waals surface area contributed by atoms with Gasteiger partial charge in [0.15, 0.2) is 0 Å². The summed E-state index contributed by atoms with van der Waals surface area (Å²) < 4.78 is 2.09. The summed E-state index contributed by atoms with van der Waals surface area (Å²) in [5, 5.41) is 0. The predicted octanol–water partition coefficient (Wildman–Crippen LogP) is 1.09. The normalized spacial score (nSPS) is 11.0. The van der Waals surface area contributed by atoms with E-state index in [1.807, 2.05) is 24.7 Å². The molecule has 0 unspecified atom stereocenters. The quantitative estimate of drug-likeness (QED) is 0.855. The van der Waals surface area contributed by atoms with Gasteiger partial charge in [0.1, 0.15) is 5.82 Å². The number of hydrogen-bond acceptors (Lipinski definition) is 4. The summed E-state index contributed by atoms with van der Waals surface area (Å²) in [5.41, 5.74) is 7.82. The van der Waals surface area contributed by atoms with Crippen molar-refractivity contribution in [2.75, 3.05) is 26.4 Å². The number of nitrogens with zero attached hydrogens (tertiary/aromatic N) is 4. The fraction of sp³-hybridized carbons (Fsp3) is 0.333. The fourth-order valence-electron chi connectivity index (χ4n) is 1.67. The zero-order chi connectivity index (χ0) is 12.3. The lowest BCUT2D eigenvalue weighted by molar-refractivity contribution is 0.385. The Hall–Kier alpha value is -1.88. The monoisotopic (exact) mass is 231 g/mol. The van der Waals surface area contributed by atoms with Crippen LogP contribution in [0.2, 0.25) is 0 Å². The Balaban J connectivity index is 2.28. The van der Waals surface area contributed by atoms with Crippen molar-refractivity contribution in [3.63, 3.8) is 0 Å². The van der Waals surface area contributed by atoms with Crippen LogP contribution in [0.4, 0.5) is 5.82 Å². The summed E-state index contributed by atoms with van der Waals surface area (Å²) >= 11 is 0. The first-order valence-corrected chi connectivity index (χ1v) is 5.54. The van der Waals surface area contributed by atoms with Gasteiger partial charge < -0.3 is 15.2 Å². The number of rotatable bonds is 4. The van der Waals surface area contributed by atoms with E-state index in [1.54, 1.807) is 6.20 Å². The maximum atomic E-state index is 5.87. The highest BCUT2D eigenvalue weighted by atomic mass is 15.1. The first-order chi connectivity index (χ1) is 8.18. The lowest BCUT2D eigenvalue weighted by atomic mass is 10.2. The summed E-state index contributed by atoms with van der Waals surface area (Å²) in [6.07, 6.45) is 5.34. The Morgan fingerprint density at radius 3 is 2.94 bits per heavy atom. The molecule has 17 heavy (non-hydrogen) atoms. The van der Waals surface area contributed by atoms with Gasteiger partial charge in [0.25, 0.3) is 0 Å². The maximum absolute atomic E-state index is 5.87. The minimum Gasteiger partial charge on any atom is -0.383 e. The standard InChI is InChI=1S/C12H17N5/c1-16(2)6-7-17-9-14-8-11(17)10-4-3-5-15-12(10)13/h3-5,8-9H,6-7H2,1-2H3,(H2,13,15). The van der Waals surface area contributed by atoms with Crippen LogP contribution in [-0.2, 0) is 6.54 Å². The van der Waals surface area contributed by atoms with Gasteiger partial charge in [-0.2, -0.15) is 0 Å². The van der Waals surface area contributed by atoms with E-state index in [9.17, 15) is 0 Å². The van der Waals surface area contributed by atoms with Crippen molar-refractivity contribution in [1.29, 1.82) is 0 Å². The van der Waals surface area contributed by atoms with Crippen molar-refractivity contribution < 1.29 is 0 Å². The van der Waals surface area contributed by atoms with E-state index in [0.29, 0.717) is 5.82 Å². The second-order valence-electron chi connectivity index (χ2n) is 4.21. The van der Waals surface area contributed by atoms with Crippen molar-refractivity contribution >= 4 is 5.82 Å². The molecule has 0 aliphatic heterocycles. The van der Waals surface area contributed by atoms with Gasteiger partial charge in [-0.25, -0.2) is 9.97 Å². The lowest BCUT2D eigenvalue weighted by Crippen LogP contribution is -2.18. The van der Waals surface area contributed by atoms with Gasteiger partial charge in [0, 0.05) is 24.8 Å². The highest BCUT2D eigenvalue weighted by Crippen LogP contribution is 2.23. The van der Waals surface area contributed by atoms with Crippen LogP contribution in [0.25, 0.3) is 11.3 Å². The molecule has 0 aromatic carbocycles. The van der Waals surface area contributed by atoms with E-state index in [1.165, 1.54) is 0 Å². The molecule has 2 aromatic heterocycles. The van der Waals surface area contributed by atoms with Gasteiger partial charge in [-0.3, -0.25) is 0 Å². The minimum atomic E-state index is 0.541. The molecule has 0 bridgehead atoms. The molecule has 0 aliphatic rings. The van der Waals surface area contributed by atoms with Crippen LogP contribution in [0.15, 0.2) is 30.9 Å². The lowest BCUT2D eigenvalue weighted by Gasteiger charge is -2.13. The van der Waals surface area contributed by atoms with Crippen molar-refractivity contribution in [2.45, 2.75) is 6.54 Å². The highest BCUT2D eigenvalue weighted by Gasteiger charge is 2.08. The molecule has 0 radical (unpaired) electrons. The van der Waals surface area contributed by atoms with Crippen molar-refractivity contribution in [3.05, 3.63) is 30.9 Å². The molecule has 2 heterocycles. The summed E-state index contributed by atoms with van der Waals surface area (Å²) in [7, 11) is 4.10. The van der Waals surface area contributed by atoms with Crippen LogP contribution >= 0.6 is 0 Å². The molecule has 0 fully saturated rings. The molecule has 0 aliphatic carbocycles. The van der Waals surface area contributed by atoms with Gasteiger partial charge in [-0.05, 0) is 26.2 Å². The third kappa shape index (κ3) is 2.62. The van der Waals surface area contributed by atoms with Gasteiger partial charge >= 0.3 is 0 Å². The van der Waals surface area contributed by atoms with E-state index in [4.69, 9.17) is 5.73 Å². The number of hydrogen-bond donors (Lipinski definition) is 1. The molecular weight excluding hydrogens is 214 g/mol.